The first-order chi connectivity index (χ1) is 15.1. The van der Waals surface area contributed by atoms with Crippen molar-refractivity contribution < 1.29 is 8.42 Å². The summed E-state index contributed by atoms with van der Waals surface area (Å²) in [5.41, 5.74) is 2.21. The number of aryl methyl sites for hydroxylation is 2. The first-order valence-corrected chi connectivity index (χ1v) is 12.7. The summed E-state index contributed by atoms with van der Waals surface area (Å²) in [6.07, 6.45) is 9.44. The molecule has 0 aliphatic carbocycles. The van der Waals surface area contributed by atoms with E-state index >= 15 is 0 Å². The second-order valence-electron chi connectivity index (χ2n) is 9.55. The van der Waals surface area contributed by atoms with E-state index in [1.54, 1.807) is 34.5 Å². The van der Waals surface area contributed by atoms with E-state index in [1.165, 1.54) is 0 Å². The third-order valence-electron chi connectivity index (χ3n) is 5.76. The molecule has 0 amide bonds. The molecule has 4 heterocycles. The number of fused-ring (bicyclic) bond motifs is 1. The van der Waals surface area contributed by atoms with E-state index in [0.717, 1.165) is 36.4 Å². The topological polar surface area (TPSA) is 97.4 Å². The zero-order chi connectivity index (χ0) is 23.1. The van der Waals surface area contributed by atoms with Crippen molar-refractivity contribution >= 4 is 21.5 Å². The predicted octanol–water partition coefficient (Wildman–Crippen LogP) is 3.42. The average Bonchev–Trinajstić information content (AvgIpc) is 3.28. The van der Waals surface area contributed by atoms with Gasteiger partial charge in [0.25, 0.3) is 0 Å². The third-order valence-corrected chi connectivity index (χ3v) is 7.76. The van der Waals surface area contributed by atoms with Crippen molar-refractivity contribution in [2.45, 2.75) is 76.8 Å². The van der Waals surface area contributed by atoms with E-state index in [0.29, 0.717) is 30.2 Å². The van der Waals surface area contributed by atoms with Gasteiger partial charge in [-0.3, -0.25) is 14.1 Å². The fourth-order valence-corrected chi connectivity index (χ4v) is 5.93. The molecule has 1 aliphatic rings. The molecule has 32 heavy (non-hydrogen) atoms. The molecule has 1 fully saturated rings. The maximum atomic E-state index is 13.3. The molecule has 0 atom stereocenters. The van der Waals surface area contributed by atoms with E-state index < -0.39 is 10.0 Å². The van der Waals surface area contributed by atoms with Gasteiger partial charge in [0, 0.05) is 49.7 Å². The zero-order valence-electron chi connectivity index (χ0n) is 19.5. The molecule has 0 bridgehead atoms. The highest BCUT2D eigenvalue weighted by atomic mass is 32.2. The second kappa shape index (κ2) is 8.47. The highest BCUT2D eigenvalue weighted by molar-refractivity contribution is 7.89. The Labute approximate surface area is 189 Å². The lowest BCUT2D eigenvalue weighted by Gasteiger charge is -2.31. The minimum atomic E-state index is -3.56. The van der Waals surface area contributed by atoms with E-state index in [-0.39, 0.29) is 11.5 Å². The molecule has 4 rings (SSSR count). The molecule has 1 aliphatic heterocycles. The number of hydrogen-bond acceptors (Lipinski definition) is 6. The van der Waals surface area contributed by atoms with Gasteiger partial charge in [-0.1, -0.05) is 6.92 Å². The number of anilines is 1. The lowest BCUT2D eigenvalue weighted by Crippen LogP contribution is -2.38. The summed E-state index contributed by atoms with van der Waals surface area (Å²) in [5.74, 6) is 1.14. The van der Waals surface area contributed by atoms with Crippen LogP contribution in [0.15, 0.2) is 29.7 Å². The summed E-state index contributed by atoms with van der Waals surface area (Å²) in [7, 11) is -3.56. The Kier molecular flexibility index (Phi) is 6.02. The summed E-state index contributed by atoms with van der Waals surface area (Å²) < 4.78 is 31.9. The predicted molar refractivity (Wildman–Crippen MR) is 124 cm³/mol. The Balaban J connectivity index is 1.56. The van der Waals surface area contributed by atoms with E-state index in [1.807, 2.05) is 17.5 Å². The normalized spacial score (nSPS) is 16.7. The molecule has 10 heteroatoms. The first-order valence-electron chi connectivity index (χ1n) is 11.2. The molecule has 0 aromatic carbocycles. The summed E-state index contributed by atoms with van der Waals surface area (Å²) >= 11 is 0. The number of piperidine rings is 1. The van der Waals surface area contributed by atoms with Crippen molar-refractivity contribution in [1.82, 2.24) is 28.5 Å². The maximum Gasteiger partial charge on any atom is 0.246 e. The molecule has 174 valence electrons. The maximum absolute atomic E-state index is 13.3. The summed E-state index contributed by atoms with van der Waals surface area (Å²) in [6.45, 7) is 11.8. The van der Waals surface area contributed by atoms with E-state index in [9.17, 15) is 8.42 Å². The Morgan fingerprint density at radius 3 is 2.59 bits per heavy atom. The molecule has 0 unspecified atom stereocenters. The molecule has 3 aromatic heterocycles. The average molecular weight is 460 g/mol. The fraction of sp³-hybridized carbons (Fsp3) is 0.591. The Morgan fingerprint density at radius 2 is 1.94 bits per heavy atom. The third kappa shape index (κ3) is 4.38. The molecular weight excluding hydrogens is 426 g/mol. The minimum Gasteiger partial charge on any atom is -0.365 e. The van der Waals surface area contributed by atoms with E-state index in [2.05, 4.69) is 36.2 Å². The number of sulfonamides is 1. The Morgan fingerprint density at radius 1 is 1.22 bits per heavy atom. The Bertz CT molecular complexity index is 1200. The van der Waals surface area contributed by atoms with Crippen molar-refractivity contribution in [3.63, 3.8) is 0 Å². The highest BCUT2D eigenvalue weighted by Gasteiger charge is 2.34. The first kappa shape index (κ1) is 22.7. The van der Waals surface area contributed by atoms with Crippen LogP contribution < -0.4 is 5.32 Å². The van der Waals surface area contributed by atoms with Crippen molar-refractivity contribution in [2.75, 3.05) is 18.4 Å². The van der Waals surface area contributed by atoms with Crippen molar-refractivity contribution in [3.8, 4) is 0 Å². The quantitative estimate of drug-likeness (QED) is 0.607. The van der Waals surface area contributed by atoms with Gasteiger partial charge >= 0.3 is 0 Å². The SMILES string of the molecule is CCCn1cc(S(=O)(=O)N2CCC(c3nc4cnccn4c3NC(C)(C)C)CC2)c(C)n1. The van der Waals surface area contributed by atoms with Gasteiger partial charge in [0.1, 0.15) is 10.7 Å². The van der Waals surface area contributed by atoms with Crippen LogP contribution in [0, 0.1) is 6.92 Å². The largest absolute Gasteiger partial charge is 0.365 e. The number of imidazole rings is 1. The number of hydrogen-bond donors (Lipinski definition) is 1. The number of nitrogens with one attached hydrogen (secondary N) is 1. The van der Waals surface area contributed by atoms with Gasteiger partial charge in [0.2, 0.25) is 10.0 Å². The minimum absolute atomic E-state index is 0.131. The summed E-state index contributed by atoms with van der Waals surface area (Å²) in [6, 6.07) is 0. The van der Waals surface area contributed by atoms with Crippen LogP contribution in [0.5, 0.6) is 0 Å². The van der Waals surface area contributed by atoms with Gasteiger partial charge in [0.15, 0.2) is 5.65 Å². The molecule has 1 saturated heterocycles. The fourth-order valence-electron chi connectivity index (χ4n) is 4.29. The van der Waals surface area contributed by atoms with Gasteiger partial charge in [-0.15, -0.1) is 0 Å². The lowest BCUT2D eigenvalue weighted by molar-refractivity contribution is 0.317. The zero-order valence-corrected chi connectivity index (χ0v) is 20.4. The lowest BCUT2D eigenvalue weighted by atomic mass is 9.94. The molecular formula is C22H33N7O2S. The molecule has 0 radical (unpaired) electrons. The van der Waals surface area contributed by atoms with Crippen molar-refractivity contribution in [3.05, 3.63) is 36.2 Å². The van der Waals surface area contributed by atoms with Crippen LogP contribution in [0.3, 0.4) is 0 Å². The molecule has 1 N–H and O–H groups in total. The van der Waals surface area contributed by atoms with Crippen LogP contribution in [0.25, 0.3) is 5.65 Å². The van der Waals surface area contributed by atoms with Crippen LogP contribution in [-0.2, 0) is 16.6 Å². The van der Waals surface area contributed by atoms with Gasteiger partial charge in [0.05, 0.1) is 17.6 Å². The smallest absolute Gasteiger partial charge is 0.246 e. The molecule has 0 spiro atoms. The van der Waals surface area contributed by atoms with Crippen LogP contribution >= 0.6 is 0 Å². The number of rotatable bonds is 6. The van der Waals surface area contributed by atoms with Gasteiger partial charge in [-0.2, -0.15) is 9.40 Å². The number of aromatic nitrogens is 5. The van der Waals surface area contributed by atoms with Crippen LogP contribution in [-0.4, -0.2) is 55.5 Å². The molecule has 3 aromatic rings. The van der Waals surface area contributed by atoms with Crippen LogP contribution in [0.1, 0.15) is 64.3 Å². The summed E-state index contributed by atoms with van der Waals surface area (Å²) in [4.78, 5) is 9.38. The van der Waals surface area contributed by atoms with Gasteiger partial charge in [-0.05, 0) is 47.0 Å². The van der Waals surface area contributed by atoms with Crippen LogP contribution in [0.4, 0.5) is 5.82 Å². The highest BCUT2D eigenvalue weighted by Crippen LogP contribution is 2.36. The molecule has 9 nitrogen and oxygen atoms in total. The van der Waals surface area contributed by atoms with Gasteiger partial charge < -0.3 is 5.32 Å². The van der Waals surface area contributed by atoms with Gasteiger partial charge in [-0.25, -0.2) is 13.4 Å². The van der Waals surface area contributed by atoms with Crippen molar-refractivity contribution in [1.29, 1.82) is 0 Å². The number of nitrogens with zero attached hydrogens (tertiary/aromatic N) is 6. The van der Waals surface area contributed by atoms with E-state index in [4.69, 9.17) is 4.98 Å². The van der Waals surface area contributed by atoms with Crippen molar-refractivity contribution in [2.24, 2.45) is 0 Å². The van der Waals surface area contributed by atoms with Crippen LogP contribution in [0.2, 0.25) is 0 Å². The summed E-state index contributed by atoms with van der Waals surface area (Å²) in [5, 5.41) is 7.97. The molecule has 0 saturated carbocycles. The Hall–Kier alpha value is -2.46. The second-order valence-corrected chi connectivity index (χ2v) is 11.5. The monoisotopic (exact) mass is 459 g/mol. The standard InChI is InChI=1S/C22H33N7O2S/c1-6-10-27-15-18(16(2)26-27)32(30,31)28-11-7-17(8-12-28)20-21(25-22(3,4)5)29-13-9-23-14-19(29)24-20/h9,13-15,17,25H,6-8,10-12H2,1-5H3.